The van der Waals surface area contributed by atoms with Crippen molar-refractivity contribution >= 4 is 38.5 Å². The van der Waals surface area contributed by atoms with E-state index in [9.17, 15) is 8.78 Å². The highest BCUT2D eigenvalue weighted by Crippen LogP contribution is 2.27. The molecule has 0 bridgehead atoms. The summed E-state index contributed by atoms with van der Waals surface area (Å²) in [5.74, 6) is 4.44. The van der Waals surface area contributed by atoms with E-state index in [0.29, 0.717) is 12.0 Å². The number of halogens is 4. The molecule has 0 saturated heterocycles. The standard InChI is InChI=1S/C14H12BrF2IN2/c15-9-2-4-13(18)11(6-9)14(20-19)5-8-1-3-10(16)7-12(8)17/h1-4,6-7,14,20H,5,19H2. The zero-order valence-corrected chi connectivity index (χ0v) is 14.1. The van der Waals surface area contributed by atoms with Crippen LogP contribution in [0.25, 0.3) is 0 Å². The second-order valence-corrected chi connectivity index (χ2v) is 6.40. The van der Waals surface area contributed by atoms with E-state index in [1.165, 1.54) is 12.1 Å². The van der Waals surface area contributed by atoms with E-state index in [4.69, 9.17) is 5.84 Å². The summed E-state index contributed by atoms with van der Waals surface area (Å²) in [4.78, 5) is 0. The molecule has 6 heteroatoms. The molecular weight excluding hydrogens is 441 g/mol. The van der Waals surface area contributed by atoms with Crippen molar-refractivity contribution in [1.29, 1.82) is 0 Å². The first-order valence-corrected chi connectivity index (χ1v) is 7.73. The first-order valence-electron chi connectivity index (χ1n) is 5.86. The molecule has 0 amide bonds. The topological polar surface area (TPSA) is 38.0 Å². The lowest BCUT2D eigenvalue weighted by atomic mass is 9.99. The lowest BCUT2D eigenvalue weighted by molar-refractivity contribution is 0.520. The number of benzene rings is 2. The fourth-order valence-corrected chi connectivity index (χ4v) is 3.04. The van der Waals surface area contributed by atoms with Gasteiger partial charge in [-0.3, -0.25) is 11.3 Å². The Balaban J connectivity index is 2.31. The van der Waals surface area contributed by atoms with Crippen LogP contribution in [0.3, 0.4) is 0 Å². The van der Waals surface area contributed by atoms with Gasteiger partial charge in [0.2, 0.25) is 0 Å². The summed E-state index contributed by atoms with van der Waals surface area (Å²) in [5, 5.41) is 0. The molecule has 0 aliphatic rings. The van der Waals surface area contributed by atoms with E-state index in [2.05, 4.69) is 43.9 Å². The zero-order chi connectivity index (χ0) is 14.7. The van der Waals surface area contributed by atoms with Gasteiger partial charge in [0.1, 0.15) is 11.6 Å². The maximum atomic E-state index is 13.7. The van der Waals surface area contributed by atoms with Gasteiger partial charge in [-0.1, -0.05) is 22.0 Å². The summed E-state index contributed by atoms with van der Waals surface area (Å²) in [7, 11) is 0. The molecule has 0 spiro atoms. The first kappa shape index (κ1) is 15.8. The number of nitrogens with one attached hydrogen (secondary N) is 1. The molecule has 2 rings (SSSR count). The summed E-state index contributed by atoms with van der Waals surface area (Å²) in [6, 6.07) is 9.14. The SMILES string of the molecule is NNC(Cc1ccc(F)cc1F)c1cc(Br)ccc1I. The summed E-state index contributed by atoms with van der Waals surface area (Å²) in [5.41, 5.74) is 4.08. The quantitative estimate of drug-likeness (QED) is 0.416. The lowest BCUT2D eigenvalue weighted by Gasteiger charge is -2.18. The first-order chi connectivity index (χ1) is 9.51. The molecule has 20 heavy (non-hydrogen) atoms. The third kappa shape index (κ3) is 3.75. The van der Waals surface area contributed by atoms with Gasteiger partial charge in [-0.2, -0.15) is 0 Å². The molecule has 2 aromatic rings. The minimum Gasteiger partial charge on any atom is -0.271 e. The Labute approximate surface area is 138 Å². The van der Waals surface area contributed by atoms with Gasteiger partial charge in [0.15, 0.2) is 0 Å². The number of hydrogen-bond acceptors (Lipinski definition) is 2. The van der Waals surface area contributed by atoms with Crippen molar-refractivity contribution in [3.05, 3.63) is 67.2 Å². The van der Waals surface area contributed by atoms with Crippen LogP contribution in [-0.4, -0.2) is 0 Å². The van der Waals surface area contributed by atoms with Crippen molar-refractivity contribution in [2.24, 2.45) is 5.84 Å². The van der Waals surface area contributed by atoms with Crippen LogP contribution in [-0.2, 0) is 6.42 Å². The monoisotopic (exact) mass is 452 g/mol. The highest BCUT2D eigenvalue weighted by molar-refractivity contribution is 14.1. The second kappa shape index (κ2) is 6.93. The normalized spacial score (nSPS) is 12.4. The third-order valence-corrected chi connectivity index (χ3v) is 4.45. The molecule has 2 aromatic carbocycles. The Hall–Kier alpha value is -0.570. The summed E-state index contributed by atoms with van der Waals surface area (Å²) in [6.07, 6.45) is 0.342. The third-order valence-electron chi connectivity index (χ3n) is 2.97. The average molecular weight is 453 g/mol. The number of rotatable bonds is 4. The average Bonchev–Trinajstić information content (AvgIpc) is 2.41. The van der Waals surface area contributed by atoms with Crippen molar-refractivity contribution in [2.75, 3.05) is 0 Å². The summed E-state index contributed by atoms with van der Waals surface area (Å²) in [6.45, 7) is 0. The van der Waals surface area contributed by atoms with E-state index in [0.717, 1.165) is 19.7 Å². The Bertz CT molecular complexity index is 622. The molecule has 0 heterocycles. The fourth-order valence-electron chi connectivity index (χ4n) is 1.95. The smallest absolute Gasteiger partial charge is 0.129 e. The van der Waals surface area contributed by atoms with Gasteiger partial charge in [0.25, 0.3) is 0 Å². The predicted molar refractivity (Wildman–Crippen MR) is 87.0 cm³/mol. The fraction of sp³-hybridized carbons (Fsp3) is 0.143. The largest absolute Gasteiger partial charge is 0.271 e. The van der Waals surface area contributed by atoms with E-state index in [-0.39, 0.29) is 6.04 Å². The predicted octanol–water partition coefficient (Wildman–Crippen LogP) is 4.08. The van der Waals surface area contributed by atoms with Crippen LogP contribution in [0.5, 0.6) is 0 Å². The van der Waals surface area contributed by atoms with Crippen LogP contribution in [0.1, 0.15) is 17.2 Å². The van der Waals surface area contributed by atoms with E-state index in [1.54, 1.807) is 0 Å². The van der Waals surface area contributed by atoms with Gasteiger partial charge >= 0.3 is 0 Å². The van der Waals surface area contributed by atoms with Crippen molar-refractivity contribution in [2.45, 2.75) is 12.5 Å². The van der Waals surface area contributed by atoms with Gasteiger partial charge < -0.3 is 0 Å². The highest BCUT2D eigenvalue weighted by atomic mass is 127. The Morgan fingerprint density at radius 3 is 2.60 bits per heavy atom. The molecule has 3 N–H and O–H groups in total. The van der Waals surface area contributed by atoms with E-state index < -0.39 is 11.6 Å². The van der Waals surface area contributed by atoms with Crippen LogP contribution < -0.4 is 11.3 Å². The van der Waals surface area contributed by atoms with Gasteiger partial charge in [-0.05, 0) is 64.4 Å². The van der Waals surface area contributed by atoms with Gasteiger partial charge in [-0.15, -0.1) is 0 Å². The zero-order valence-electron chi connectivity index (χ0n) is 10.3. The van der Waals surface area contributed by atoms with Crippen molar-refractivity contribution in [1.82, 2.24) is 5.43 Å². The van der Waals surface area contributed by atoms with E-state index >= 15 is 0 Å². The molecule has 0 radical (unpaired) electrons. The van der Waals surface area contributed by atoms with Crippen LogP contribution in [0.2, 0.25) is 0 Å². The van der Waals surface area contributed by atoms with Gasteiger partial charge in [0.05, 0.1) is 6.04 Å². The lowest BCUT2D eigenvalue weighted by Crippen LogP contribution is -2.30. The Kier molecular flexibility index (Phi) is 5.48. The van der Waals surface area contributed by atoms with Crippen molar-refractivity contribution in [3.8, 4) is 0 Å². The minimum atomic E-state index is -0.583. The van der Waals surface area contributed by atoms with Crippen LogP contribution in [0, 0.1) is 15.2 Å². The molecule has 106 valence electrons. The molecule has 1 unspecified atom stereocenters. The van der Waals surface area contributed by atoms with Crippen LogP contribution in [0.4, 0.5) is 8.78 Å². The number of hydrogen-bond donors (Lipinski definition) is 2. The molecule has 0 aliphatic carbocycles. The Morgan fingerprint density at radius 2 is 1.95 bits per heavy atom. The van der Waals surface area contributed by atoms with Gasteiger partial charge in [0, 0.05) is 14.1 Å². The van der Waals surface area contributed by atoms with Crippen LogP contribution >= 0.6 is 38.5 Å². The molecular formula is C14H12BrF2IN2. The van der Waals surface area contributed by atoms with E-state index in [1.807, 2.05) is 18.2 Å². The molecule has 0 aromatic heterocycles. The maximum absolute atomic E-state index is 13.7. The number of nitrogens with two attached hydrogens (primary N) is 1. The minimum absolute atomic E-state index is 0.251. The molecule has 0 fully saturated rings. The van der Waals surface area contributed by atoms with Crippen molar-refractivity contribution < 1.29 is 8.78 Å². The number of hydrazine groups is 1. The highest BCUT2D eigenvalue weighted by Gasteiger charge is 2.16. The summed E-state index contributed by atoms with van der Waals surface area (Å²) >= 11 is 5.61. The second-order valence-electron chi connectivity index (χ2n) is 4.32. The Morgan fingerprint density at radius 1 is 1.20 bits per heavy atom. The molecule has 0 aliphatic heterocycles. The molecule has 0 saturated carbocycles. The molecule has 2 nitrogen and oxygen atoms in total. The van der Waals surface area contributed by atoms with Crippen LogP contribution in [0.15, 0.2) is 40.9 Å². The van der Waals surface area contributed by atoms with Crippen molar-refractivity contribution in [3.63, 3.8) is 0 Å². The maximum Gasteiger partial charge on any atom is 0.129 e. The molecule has 1 atom stereocenters. The van der Waals surface area contributed by atoms with Gasteiger partial charge in [-0.25, -0.2) is 8.78 Å². The summed E-state index contributed by atoms with van der Waals surface area (Å²) < 4.78 is 28.6.